The van der Waals surface area contributed by atoms with E-state index in [-0.39, 0.29) is 10.7 Å². The van der Waals surface area contributed by atoms with Crippen molar-refractivity contribution in [2.24, 2.45) is 5.92 Å². The fourth-order valence-electron chi connectivity index (χ4n) is 4.17. The fourth-order valence-corrected chi connectivity index (χ4v) is 4.47. The molecule has 4 rings (SSSR count). The lowest BCUT2D eigenvalue weighted by molar-refractivity contribution is -0.160. The van der Waals surface area contributed by atoms with E-state index in [1.165, 1.54) is 22.4 Å². The summed E-state index contributed by atoms with van der Waals surface area (Å²) in [6, 6.07) is 5.88. The number of halogens is 2. The van der Waals surface area contributed by atoms with Crippen LogP contribution >= 0.6 is 23.2 Å². The molecule has 186 valence electrons. The first kappa shape index (κ1) is 25.3. The molecule has 1 fully saturated rings. The Balaban J connectivity index is 1.82. The van der Waals surface area contributed by atoms with Gasteiger partial charge in [-0.3, -0.25) is 9.36 Å². The number of esters is 1. The lowest BCUT2D eigenvalue weighted by Crippen LogP contribution is -2.36. The van der Waals surface area contributed by atoms with Crippen molar-refractivity contribution in [3.63, 3.8) is 0 Å². The van der Waals surface area contributed by atoms with Gasteiger partial charge in [0.1, 0.15) is 17.4 Å². The Morgan fingerprint density at radius 1 is 1.17 bits per heavy atom. The average Bonchev–Trinajstić information content (AvgIpc) is 3.18. The number of methoxy groups -OCH3 is 1. The number of nitrogens with zero attached hydrogens (tertiary/aromatic N) is 4. The summed E-state index contributed by atoms with van der Waals surface area (Å²) in [7, 11) is 1.51. The Hall–Kier alpha value is -2.84. The summed E-state index contributed by atoms with van der Waals surface area (Å²) in [5.74, 6) is 0.352. The second-order valence-electron chi connectivity index (χ2n) is 9.73. The zero-order valence-corrected chi connectivity index (χ0v) is 21.6. The molecular formula is C25H28Cl2N4O4. The number of benzene rings is 1. The summed E-state index contributed by atoms with van der Waals surface area (Å²) in [6.07, 6.45) is 6.87. The lowest BCUT2D eigenvalue weighted by Gasteiger charge is -2.31. The summed E-state index contributed by atoms with van der Waals surface area (Å²) in [5.41, 5.74) is 0.704. The van der Waals surface area contributed by atoms with Crippen LogP contribution in [0.4, 0.5) is 0 Å². The van der Waals surface area contributed by atoms with Crippen LogP contribution in [-0.4, -0.2) is 38.2 Å². The Morgan fingerprint density at radius 2 is 1.91 bits per heavy atom. The zero-order valence-electron chi connectivity index (χ0n) is 20.1. The van der Waals surface area contributed by atoms with Crippen LogP contribution in [0.5, 0.6) is 5.75 Å². The Kier molecular flexibility index (Phi) is 7.24. The summed E-state index contributed by atoms with van der Waals surface area (Å²) >= 11 is 12.3. The monoisotopic (exact) mass is 518 g/mol. The molecule has 35 heavy (non-hydrogen) atoms. The third-order valence-electron chi connectivity index (χ3n) is 6.02. The number of carbonyl (C=O) groups excluding carboxylic acids is 1. The van der Waals surface area contributed by atoms with Crippen LogP contribution in [0.3, 0.4) is 0 Å². The van der Waals surface area contributed by atoms with Crippen molar-refractivity contribution < 1.29 is 14.3 Å². The fraction of sp³-hybridized carbons (Fsp3) is 0.440. The second kappa shape index (κ2) is 10.0. The van der Waals surface area contributed by atoms with Gasteiger partial charge in [0.2, 0.25) is 0 Å². The number of pyridine rings is 1. The number of ether oxygens (including phenoxy) is 2. The van der Waals surface area contributed by atoms with E-state index in [9.17, 15) is 9.59 Å². The molecule has 3 aromatic rings. The summed E-state index contributed by atoms with van der Waals surface area (Å²) in [4.78, 5) is 26.6. The van der Waals surface area contributed by atoms with Gasteiger partial charge in [0.15, 0.2) is 5.15 Å². The van der Waals surface area contributed by atoms with Gasteiger partial charge in [-0.25, -0.2) is 9.48 Å². The van der Waals surface area contributed by atoms with Crippen molar-refractivity contribution >= 4 is 29.2 Å². The average molecular weight is 519 g/mol. The molecule has 1 unspecified atom stereocenters. The maximum absolute atomic E-state index is 13.4. The molecule has 2 heterocycles. The van der Waals surface area contributed by atoms with Gasteiger partial charge in [0.25, 0.3) is 5.56 Å². The van der Waals surface area contributed by atoms with Gasteiger partial charge in [-0.05, 0) is 51.3 Å². The minimum atomic E-state index is -0.747. The molecular weight excluding hydrogens is 491 g/mol. The highest BCUT2D eigenvalue weighted by Gasteiger charge is 2.32. The van der Waals surface area contributed by atoms with Crippen LogP contribution in [-0.2, 0) is 9.53 Å². The predicted octanol–water partition coefficient (Wildman–Crippen LogP) is 5.48. The zero-order chi connectivity index (χ0) is 25.3. The Labute approximate surface area is 213 Å². The van der Waals surface area contributed by atoms with E-state index >= 15 is 0 Å². The van der Waals surface area contributed by atoms with Crippen LogP contribution in [0, 0.1) is 5.92 Å². The van der Waals surface area contributed by atoms with E-state index in [4.69, 9.17) is 32.7 Å². The minimum Gasteiger partial charge on any atom is -0.495 e. The molecule has 1 aliphatic carbocycles. The Morgan fingerprint density at radius 3 is 2.49 bits per heavy atom. The molecule has 1 atom stereocenters. The van der Waals surface area contributed by atoms with E-state index in [2.05, 4.69) is 10.3 Å². The van der Waals surface area contributed by atoms with Crippen molar-refractivity contribution in [1.82, 2.24) is 19.6 Å². The molecule has 1 aromatic carbocycles. The number of aromatic nitrogens is 4. The third-order valence-corrected chi connectivity index (χ3v) is 6.43. The van der Waals surface area contributed by atoms with Crippen molar-refractivity contribution in [2.75, 3.05) is 7.11 Å². The standard InChI is InChI=1S/C25H28Cl2N4O4/c1-25(2,3)35-24(33)20(10-15-6-5-7-15)30-13-21(34-4)18(12-23(30)32)17-11-16(26)8-9-19(17)31-14-22(27)28-29-31/h8-9,11-15,20H,5-7,10H2,1-4H3. The van der Waals surface area contributed by atoms with Gasteiger partial charge in [0.05, 0.1) is 25.2 Å². The quantitative estimate of drug-likeness (QED) is 0.384. The molecule has 0 bridgehead atoms. The van der Waals surface area contributed by atoms with E-state index in [1.54, 1.807) is 30.6 Å². The smallest absolute Gasteiger partial charge is 0.329 e. The molecule has 0 aliphatic heterocycles. The highest BCUT2D eigenvalue weighted by atomic mass is 35.5. The van der Waals surface area contributed by atoms with Crippen molar-refractivity contribution in [3.05, 3.63) is 57.2 Å². The molecule has 1 aliphatic rings. The maximum Gasteiger partial charge on any atom is 0.329 e. The molecule has 8 nitrogen and oxygen atoms in total. The lowest BCUT2D eigenvalue weighted by atomic mass is 9.80. The van der Waals surface area contributed by atoms with Gasteiger partial charge in [-0.15, -0.1) is 5.10 Å². The highest BCUT2D eigenvalue weighted by molar-refractivity contribution is 6.31. The Bertz CT molecular complexity index is 1290. The van der Waals surface area contributed by atoms with Crippen LogP contribution in [0.15, 0.2) is 41.5 Å². The van der Waals surface area contributed by atoms with E-state index in [0.29, 0.717) is 39.9 Å². The number of hydrogen-bond acceptors (Lipinski definition) is 6. The van der Waals surface area contributed by atoms with Crippen LogP contribution in [0.2, 0.25) is 10.2 Å². The number of rotatable bonds is 7. The largest absolute Gasteiger partial charge is 0.495 e. The van der Waals surface area contributed by atoms with Crippen molar-refractivity contribution in [1.29, 1.82) is 0 Å². The normalized spacial score (nSPS) is 14.9. The van der Waals surface area contributed by atoms with E-state index in [0.717, 1.165) is 19.3 Å². The van der Waals surface area contributed by atoms with Crippen LogP contribution in [0.1, 0.15) is 52.5 Å². The first-order valence-corrected chi connectivity index (χ1v) is 12.2. The predicted molar refractivity (Wildman–Crippen MR) is 134 cm³/mol. The number of hydrogen-bond donors (Lipinski definition) is 0. The highest BCUT2D eigenvalue weighted by Crippen LogP contribution is 2.38. The second-order valence-corrected chi connectivity index (χ2v) is 10.6. The van der Waals surface area contributed by atoms with Crippen LogP contribution < -0.4 is 10.3 Å². The van der Waals surface area contributed by atoms with Gasteiger partial charge in [-0.2, -0.15) is 0 Å². The molecule has 10 heteroatoms. The van der Waals surface area contributed by atoms with Gasteiger partial charge < -0.3 is 9.47 Å². The summed E-state index contributed by atoms with van der Waals surface area (Å²) in [5, 5.41) is 8.57. The van der Waals surface area contributed by atoms with Gasteiger partial charge in [-0.1, -0.05) is 47.7 Å². The first-order chi connectivity index (χ1) is 16.6. The molecule has 0 amide bonds. The van der Waals surface area contributed by atoms with Gasteiger partial charge in [0, 0.05) is 22.2 Å². The molecule has 2 aromatic heterocycles. The van der Waals surface area contributed by atoms with Crippen molar-refractivity contribution in [2.45, 2.75) is 58.1 Å². The minimum absolute atomic E-state index is 0.226. The molecule has 0 saturated heterocycles. The molecule has 1 saturated carbocycles. The van der Waals surface area contributed by atoms with Crippen LogP contribution in [0.25, 0.3) is 16.8 Å². The molecule has 0 N–H and O–H groups in total. The van der Waals surface area contributed by atoms with E-state index < -0.39 is 17.6 Å². The topological polar surface area (TPSA) is 88.2 Å². The van der Waals surface area contributed by atoms with E-state index in [1.807, 2.05) is 20.8 Å². The van der Waals surface area contributed by atoms with Crippen molar-refractivity contribution in [3.8, 4) is 22.6 Å². The van der Waals surface area contributed by atoms with Gasteiger partial charge >= 0.3 is 5.97 Å². The third kappa shape index (κ3) is 5.70. The summed E-state index contributed by atoms with van der Waals surface area (Å²) in [6.45, 7) is 5.44. The number of carbonyl (C=O) groups is 1. The SMILES string of the molecule is COc1cn(C(CC2CCC2)C(=O)OC(C)(C)C)c(=O)cc1-c1cc(Cl)ccc1-n1cc(Cl)nn1. The molecule has 0 spiro atoms. The maximum atomic E-state index is 13.4. The summed E-state index contributed by atoms with van der Waals surface area (Å²) < 4.78 is 14.3. The molecule has 0 radical (unpaired) electrons. The first-order valence-electron chi connectivity index (χ1n) is 11.5.